The van der Waals surface area contributed by atoms with Crippen LogP contribution in [-0.4, -0.2) is 20.7 Å². The zero-order valence-electron chi connectivity index (χ0n) is 10.9. The lowest BCUT2D eigenvalue weighted by Gasteiger charge is -2.01. The molecule has 0 fully saturated rings. The van der Waals surface area contributed by atoms with Gasteiger partial charge in [0, 0.05) is 21.9 Å². The molecular weight excluding hydrogens is 318 g/mol. The molecule has 0 radical (unpaired) electrons. The molecule has 0 aliphatic rings. The maximum atomic E-state index is 7.33. The maximum Gasteiger partial charge on any atom is 0.132 e. The van der Waals surface area contributed by atoms with Crippen molar-refractivity contribution in [1.82, 2.24) is 15.0 Å². The summed E-state index contributed by atoms with van der Waals surface area (Å²) < 4.78 is 0.841. The van der Waals surface area contributed by atoms with Crippen LogP contribution in [0.3, 0.4) is 0 Å². The fraction of sp³-hybridized carbons (Fsp3) is 0.0714. The molecule has 1 aromatic carbocycles. The predicted octanol–water partition coefficient (Wildman–Crippen LogP) is 3.38. The normalized spacial score (nSPS) is 9.90. The second-order valence-electron chi connectivity index (χ2n) is 4.13. The Morgan fingerprint density at radius 1 is 1.30 bits per heavy atom. The number of nitrogens with zero attached hydrogens (tertiary/aromatic N) is 2. The number of aromatic nitrogens is 3. The van der Waals surface area contributed by atoms with Gasteiger partial charge in [-0.1, -0.05) is 12.1 Å². The second-order valence-corrected chi connectivity index (χ2v) is 5.05. The molecule has 0 spiro atoms. The van der Waals surface area contributed by atoms with E-state index < -0.39 is 0 Å². The van der Waals surface area contributed by atoms with Crippen LogP contribution in [0, 0.1) is 5.41 Å². The number of fused-ring (bicyclic) bond motifs is 1. The molecule has 4 N–H and O–H groups in total. The molecule has 6 heteroatoms. The molecule has 0 aliphatic carbocycles. The quantitative estimate of drug-likeness (QED) is 0.597. The molecule has 0 aliphatic heterocycles. The zero-order chi connectivity index (χ0) is 14.5. The molecule has 2 heterocycles. The number of nitrogens with two attached hydrogens (primary N) is 1. The van der Waals surface area contributed by atoms with E-state index in [4.69, 9.17) is 11.1 Å². The highest BCUT2D eigenvalue weighted by Gasteiger charge is 2.02. The van der Waals surface area contributed by atoms with Gasteiger partial charge in [0.1, 0.15) is 5.82 Å². The van der Waals surface area contributed by atoms with E-state index in [0.29, 0.717) is 17.1 Å². The van der Waals surface area contributed by atoms with E-state index >= 15 is 0 Å². The number of benzene rings is 1. The van der Waals surface area contributed by atoms with Crippen molar-refractivity contribution in [2.45, 2.75) is 6.92 Å². The van der Waals surface area contributed by atoms with E-state index in [0.717, 1.165) is 15.5 Å². The van der Waals surface area contributed by atoms with Gasteiger partial charge in [-0.2, -0.15) is 0 Å². The average Bonchev–Trinajstić information content (AvgIpc) is 2.90. The number of hydrogen-bond donors (Lipinski definition) is 3. The van der Waals surface area contributed by atoms with Crippen molar-refractivity contribution in [1.29, 1.82) is 5.41 Å². The number of aromatic amines is 1. The summed E-state index contributed by atoms with van der Waals surface area (Å²) in [6, 6.07) is 9.72. The summed E-state index contributed by atoms with van der Waals surface area (Å²) in [5.74, 6) is 0.403. The molecule has 3 rings (SSSR count). The van der Waals surface area contributed by atoms with Crippen LogP contribution in [0.4, 0.5) is 5.82 Å². The van der Waals surface area contributed by atoms with Crippen LogP contribution in [0.2, 0.25) is 0 Å². The molecule has 0 atom stereocenters. The third-order valence-electron chi connectivity index (χ3n) is 2.62. The van der Waals surface area contributed by atoms with E-state index in [1.165, 1.54) is 0 Å². The molecule has 5 nitrogen and oxygen atoms in total. The fourth-order valence-corrected chi connectivity index (χ4v) is 1.96. The lowest BCUT2D eigenvalue weighted by Crippen LogP contribution is -2.01. The summed E-state index contributed by atoms with van der Waals surface area (Å²) in [7, 11) is 0. The molecule has 2 aromatic heterocycles. The van der Waals surface area contributed by atoms with Crippen LogP contribution < -0.4 is 5.73 Å². The van der Waals surface area contributed by atoms with E-state index in [1.807, 2.05) is 24.3 Å². The Kier molecular flexibility index (Phi) is 4.47. The van der Waals surface area contributed by atoms with Crippen molar-refractivity contribution in [3.63, 3.8) is 0 Å². The van der Waals surface area contributed by atoms with Gasteiger partial charge in [0.05, 0.1) is 17.4 Å². The minimum Gasteiger partial charge on any atom is -0.383 e. The van der Waals surface area contributed by atoms with Crippen LogP contribution in [0.25, 0.3) is 11.0 Å². The summed E-state index contributed by atoms with van der Waals surface area (Å²) in [4.78, 5) is 11.0. The highest BCUT2D eigenvalue weighted by molar-refractivity contribution is 9.10. The van der Waals surface area contributed by atoms with E-state index in [9.17, 15) is 0 Å². The molecule has 0 saturated carbocycles. The third-order valence-corrected chi connectivity index (χ3v) is 3.05. The summed E-state index contributed by atoms with van der Waals surface area (Å²) in [5.41, 5.74) is 8.75. The highest BCUT2D eigenvalue weighted by Crippen LogP contribution is 2.15. The van der Waals surface area contributed by atoms with Crippen LogP contribution in [0.1, 0.15) is 12.5 Å². The van der Waals surface area contributed by atoms with Crippen molar-refractivity contribution in [2.24, 2.45) is 0 Å². The van der Waals surface area contributed by atoms with Crippen molar-refractivity contribution < 1.29 is 0 Å². The zero-order valence-corrected chi connectivity index (χ0v) is 12.5. The molecular formula is C14H14BrN5. The van der Waals surface area contributed by atoms with Gasteiger partial charge in [-0.3, -0.25) is 0 Å². The topological polar surface area (TPSA) is 91.4 Å². The molecule has 0 amide bonds. The molecule has 20 heavy (non-hydrogen) atoms. The molecule has 102 valence electrons. The number of rotatable bonds is 1. The Morgan fingerprint density at radius 3 is 2.70 bits per heavy atom. The van der Waals surface area contributed by atoms with Crippen LogP contribution in [0.5, 0.6) is 0 Å². The number of para-hydroxylation sites is 2. The van der Waals surface area contributed by atoms with E-state index in [1.54, 1.807) is 25.5 Å². The van der Waals surface area contributed by atoms with Gasteiger partial charge in [0.25, 0.3) is 0 Å². The number of imidazole rings is 1. The first kappa shape index (κ1) is 14.2. The highest BCUT2D eigenvalue weighted by atomic mass is 79.9. The summed E-state index contributed by atoms with van der Waals surface area (Å²) >= 11 is 3.25. The monoisotopic (exact) mass is 331 g/mol. The summed E-state index contributed by atoms with van der Waals surface area (Å²) in [6.45, 7) is 1.68. The average molecular weight is 332 g/mol. The number of halogens is 1. The van der Waals surface area contributed by atoms with Gasteiger partial charge in [-0.15, -0.1) is 0 Å². The van der Waals surface area contributed by atoms with Crippen molar-refractivity contribution in [2.75, 3.05) is 5.73 Å². The van der Waals surface area contributed by atoms with Crippen molar-refractivity contribution >= 4 is 38.5 Å². The van der Waals surface area contributed by atoms with Gasteiger partial charge in [-0.25, -0.2) is 9.97 Å². The van der Waals surface area contributed by atoms with Crippen LogP contribution in [-0.2, 0) is 0 Å². The molecule has 3 aromatic rings. The third kappa shape index (κ3) is 3.42. The number of pyridine rings is 1. The smallest absolute Gasteiger partial charge is 0.132 e. The van der Waals surface area contributed by atoms with E-state index in [2.05, 4.69) is 30.9 Å². The maximum absolute atomic E-state index is 7.33. The Labute approximate surface area is 124 Å². The van der Waals surface area contributed by atoms with Crippen LogP contribution in [0.15, 0.2) is 47.3 Å². The Bertz CT molecular complexity index is 705. The van der Waals surface area contributed by atoms with Crippen molar-refractivity contribution in [3.05, 3.63) is 52.9 Å². The number of nitrogens with one attached hydrogen (secondary N) is 2. The lowest BCUT2D eigenvalue weighted by atomic mass is 10.2. The van der Waals surface area contributed by atoms with Gasteiger partial charge >= 0.3 is 0 Å². The SMILES string of the molecule is CC(=N)c1cc(Br)cnc1N.c1ccc2[nH]cnc2c1. The van der Waals surface area contributed by atoms with Crippen LogP contribution >= 0.6 is 15.9 Å². The molecule has 0 unspecified atom stereocenters. The van der Waals surface area contributed by atoms with E-state index in [-0.39, 0.29) is 0 Å². The fourth-order valence-electron chi connectivity index (χ4n) is 1.63. The largest absolute Gasteiger partial charge is 0.383 e. The standard InChI is InChI=1S/C7H8BrN3.C7H6N2/c1-4(9)6-2-5(8)3-11-7(6)10;1-2-4-7-6(3-1)8-5-9-7/h2-3,9H,1H3,(H2,10,11);1-5H,(H,8,9). The minimum atomic E-state index is 0.403. The summed E-state index contributed by atoms with van der Waals surface area (Å²) in [6.07, 6.45) is 3.31. The number of nitrogen functional groups attached to an aromatic ring is 1. The Hall–Kier alpha value is -2.21. The first-order valence-electron chi connectivity index (χ1n) is 5.92. The van der Waals surface area contributed by atoms with Gasteiger partial charge in [0.2, 0.25) is 0 Å². The van der Waals surface area contributed by atoms with Gasteiger partial charge in [0.15, 0.2) is 0 Å². The Morgan fingerprint density at radius 2 is 2.05 bits per heavy atom. The molecule has 0 bridgehead atoms. The number of hydrogen-bond acceptors (Lipinski definition) is 4. The second kappa shape index (κ2) is 6.29. The van der Waals surface area contributed by atoms with Crippen molar-refractivity contribution in [3.8, 4) is 0 Å². The summed E-state index contributed by atoms with van der Waals surface area (Å²) in [5, 5.41) is 7.33. The number of H-pyrrole nitrogens is 1. The van der Waals surface area contributed by atoms with Gasteiger partial charge < -0.3 is 16.1 Å². The first-order chi connectivity index (χ1) is 9.58. The first-order valence-corrected chi connectivity index (χ1v) is 6.72. The van der Waals surface area contributed by atoms with Gasteiger partial charge in [-0.05, 0) is 41.1 Å². The minimum absolute atomic E-state index is 0.403. The number of anilines is 1. The molecule has 0 saturated heterocycles. The lowest BCUT2D eigenvalue weighted by molar-refractivity contribution is 1.29. The predicted molar refractivity (Wildman–Crippen MR) is 84.9 cm³/mol. The Balaban J connectivity index is 0.000000149.